The second-order valence-corrected chi connectivity index (χ2v) is 12.2. The molecular formula is C42H35N3O6. The van der Waals surface area contributed by atoms with Crippen LogP contribution in [0, 0.1) is 5.41 Å². The number of nitrogen functional groups attached to an aromatic ring is 2. The second-order valence-electron chi connectivity index (χ2n) is 12.2. The van der Waals surface area contributed by atoms with Crippen LogP contribution >= 0.6 is 0 Å². The summed E-state index contributed by atoms with van der Waals surface area (Å²) in [6.45, 7) is 0. The number of allylic oxidation sites excluding steroid dienone is 6. The minimum atomic E-state index is -1.26. The maximum absolute atomic E-state index is 11.6. The molecule has 9 N–H and O–H groups in total. The normalized spacial score (nSPS) is 13.0. The van der Waals surface area contributed by atoms with Crippen LogP contribution in [0.1, 0.15) is 60.5 Å². The number of aromatic carboxylic acids is 2. The molecule has 9 nitrogen and oxygen atoms in total. The molecule has 0 unspecified atom stereocenters. The molecule has 9 heteroatoms. The Kier molecular flexibility index (Phi) is 9.55. The van der Waals surface area contributed by atoms with Crippen LogP contribution in [-0.2, 0) is 12.8 Å². The maximum atomic E-state index is 11.6. The Morgan fingerprint density at radius 2 is 1.24 bits per heavy atom. The molecule has 51 heavy (non-hydrogen) atoms. The lowest BCUT2D eigenvalue weighted by Gasteiger charge is -2.20. The number of benzene rings is 5. The van der Waals surface area contributed by atoms with Gasteiger partial charge in [-0.2, -0.15) is 0 Å². The van der Waals surface area contributed by atoms with Crippen molar-refractivity contribution in [2.24, 2.45) is 0 Å². The maximum Gasteiger partial charge on any atom is 0.339 e. The molecule has 7 rings (SSSR count). The number of hydrogen-bond acceptors (Lipinski definition) is 7. The SMILES string of the molecule is N=C1C=CC(=C(c2ccc(N)cc2)c2ccc(N)cc2)C=C1.O=C(O)c1cc2c(c(Cc3c(O)c(C(=O)O)cc4ccccc34)c1O)CCC=C2. The lowest BCUT2D eigenvalue weighted by Crippen LogP contribution is -2.08. The van der Waals surface area contributed by atoms with Gasteiger partial charge in [0.25, 0.3) is 0 Å². The number of aromatic hydroxyl groups is 2. The van der Waals surface area contributed by atoms with Crippen molar-refractivity contribution in [1.29, 1.82) is 5.41 Å². The van der Waals surface area contributed by atoms with E-state index < -0.39 is 11.9 Å². The molecule has 0 amide bonds. The van der Waals surface area contributed by atoms with Gasteiger partial charge in [-0.15, -0.1) is 0 Å². The van der Waals surface area contributed by atoms with Crippen LogP contribution in [0.25, 0.3) is 22.4 Å². The molecule has 0 aromatic heterocycles. The molecule has 0 radical (unpaired) electrons. The molecule has 0 saturated heterocycles. The van der Waals surface area contributed by atoms with Gasteiger partial charge >= 0.3 is 11.9 Å². The van der Waals surface area contributed by atoms with Gasteiger partial charge in [-0.25, -0.2) is 9.59 Å². The van der Waals surface area contributed by atoms with Crippen molar-refractivity contribution in [2.45, 2.75) is 19.3 Å². The first-order chi connectivity index (χ1) is 24.5. The number of nitrogens with two attached hydrogens (primary N) is 2. The Bertz CT molecular complexity index is 2270. The van der Waals surface area contributed by atoms with Crippen LogP contribution in [0.2, 0.25) is 0 Å². The summed E-state index contributed by atoms with van der Waals surface area (Å²) in [5, 5.41) is 49.3. The highest BCUT2D eigenvalue weighted by Crippen LogP contribution is 2.39. The van der Waals surface area contributed by atoms with Crippen molar-refractivity contribution >= 4 is 51.4 Å². The molecule has 254 valence electrons. The van der Waals surface area contributed by atoms with Gasteiger partial charge in [0.15, 0.2) is 0 Å². The molecule has 2 aliphatic rings. The molecule has 0 atom stereocenters. The summed E-state index contributed by atoms with van der Waals surface area (Å²) in [6.07, 6.45) is 12.6. The number of fused-ring (bicyclic) bond motifs is 2. The zero-order valence-electron chi connectivity index (χ0n) is 27.4. The van der Waals surface area contributed by atoms with E-state index in [2.05, 4.69) is 0 Å². The van der Waals surface area contributed by atoms with Crippen LogP contribution in [0.4, 0.5) is 11.4 Å². The highest BCUT2D eigenvalue weighted by atomic mass is 16.4. The van der Waals surface area contributed by atoms with E-state index in [0.29, 0.717) is 39.6 Å². The van der Waals surface area contributed by atoms with E-state index in [0.717, 1.165) is 45.6 Å². The van der Waals surface area contributed by atoms with Crippen LogP contribution in [-0.4, -0.2) is 38.1 Å². The number of hydrogen-bond donors (Lipinski definition) is 7. The van der Waals surface area contributed by atoms with E-state index in [1.165, 1.54) is 12.1 Å². The van der Waals surface area contributed by atoms with Crippen LogP contribution in [0.3, 0.4) is 0 Å². The summed E-state index contributed by atoms with van der Waals surface area (Å²) in [4.78, 5) is 23.2. The Morgan fingerprint density at radius 1 is 0.686 bits per heavy atom. The van der Waals surface area contributed by atoms with Gasteiger partial charge in [0.05, 0.1) is 5.71 Å². The fraction of sp³-hybridized carbons (Fsp3) is 0.0714. The first-order valence-electron chi connectivity index (χ1n) is 16.2. The van der Waals surface area contributed by atoms with Crippen molar-refractivity contribution in [3.05, 3.63) is 165 Å². The molecule has 0 saturated carbocycles. The molecule has 0 aliphatic heterocycles. The lowest BCUT2D eigenvalue weighted by molar-refractivity contribution is 0.0682. The largest absolute Gasteiger partial charge is 0.507 e. The third-order valence-corrected chi connectivity index (χ3v) is 8.93. The fourth-order valence-corrected chi connectivity index (χ4v) is 6.39. The first-order valence-corrected chi connectivity index (χ1v) is 16.2. The van der Waals surface area contributed by atoms with Crippen LogP contribution < -0.4 is 11.5 Å². The zero-order chi connectivity index (χ0) is 36.2. The Labute approximate surface area is 293 Å². The Hall–Kier alpha value is -6.87. The van der Waals surface area contributed by atoms with Gasteiger partial charge in [0.1, 0.15) is 22.6 Å². The van der Waals surface area contributed by atoms with Gasteiger partial charge in [-0.1, -0.05) is 72.8 Å². The van der Waals surface area contributed by atoms with E-state index >= 15 is 0 Å². The number of anilines is 2. The van der Waals surface area contributed by atoms with E-state index in [-0.39, 0.29) is 29.0 Å². The average Bonchev–Trinajstić information content (AvgIpc) is 3.12. The van der Waals surface area contributed by atoms with E-state index in [9.17, 15) is 30.0 Å². The molecule has 5 aromatic rings. The second kappa shape index (κ2) is 14.3. The number of nitrogens with one attached hydrogen (secondary N) is 1. The highest BCUT2D eigenvalue weighted by molar-refractivity contribution is 6.05. The third kappa shape index (κ3) is 7.13. The summed E-state index contributed by atoms with van der Waals surface area (Å²) in [6, 6.07) is 25.5. The minimum Gasteiger partial charge on any atom is -0.507 e. The van der Waals surface area contributed by atoms with Crippen molar-refractivity contribution in [1.82, 2.24) is 0 Å². The van der Waals surface area contributed by atoms with Crippen molar-refractivity contribution in [3.8, 4) is 11.5 Å². The average molecular weight is 678 g/mol. The summed E-state index contributed by atoms with van der Waals surface area (Å²) in [5.41, 5.74) is 19.7. The summed E-state index contributed by atoms with van der Waals surface area (Å²) >= 11 is 0. The van der Waals surface area contributed by atoms with Crippen molar-refractivity contribution in [3.63, 3.8) is 0 Å². The van der Waals surface area contributed by atoms with Gasteiger partial charge in [-0.3, -0.25) is 0 Å². The molecule has 0 fully saturated rings. The monoisotopic (exact) mass is 677 g/mol. The smallest absolute Gasteiger partial charge is 0.339 e. The van der Waals surface area contributed by atoms with E-state index in [1.54, 1.807) is 36.4 Å². The quantitative estimate of drug-likeness (QED) is 0.0879. The highest BCUT2D eigenvalue weighted by Gasteiger charge is 2.25. The van der Waals surface area contributed by atoms with Gasteiger partial charge in [0, 0.05) is 28.9 Å². The molecular weight excluding hydrogens is 642 g/mol. The predicted molar refractivity (Wildman–Crippen MR) is 202 cm³/mol. The van der Waals surface area contributed by atoms with Gasteiger partial charge < -0.3 is 37.3 Å². The van der Waals surface area contributed by atoms with E-state index in [1.807, 2.05) is 72.8 Å². The van der Waals surface area contributed by atoms with Gasteiger partial charge in [-0.05, 0) is 106 Å². The number of phenols is 2. The first kappa shape index (κ1) is 34.0. The van der Waals surface area contributed by atoms with Gasteiger partial charge in [0.2, 0.25) is 0 Å². The standard InChI is InChI=1S/C23H18O6.C19H17N3/c24-20-16(14-7-3-1-5-12(14)9-18(20)22(26)27)11-17-15-8-4-2-6-13(15)10-19(21(17)25)23(28)29;20-16-7-1-13(2-8-16)19(14-3-9-17(21)10-4-14)15-5-11-18(22)12-6-15/h1-3,5-7,9-10,24-25H,4,8,11H2,(H,26,27)(H,28,29);1-12,20H,21-22H2. The van der Waals surface area contributed by atoms with Crippen molar-refractivity contribution in [2.75, 3.05) is 11.5 Å². The molecule has 2 aliphatic carbocycles. The molecule has 0 heterocycles. The summed E-state index contributed by atoms with van der Waals surface area (Å²) in [5.74, 6) is -3.24. The number of carboxylic acid groups (broad SMARTS) is 2. The van der Waals surface area contributed by atoms with Crippen LogP contribution in [0.5, 0.6) is 11.5 Å². The van der Waals surface area contributed by atoms with Crippen LogP contribution in [0.15, 0.2) is 121 Å². The van der Waals surface area contributed by atoms with E-state index in [4.69, 9.17) is 16.9 Å². The number of carboxylic acids is 2. The minimum absolute atomic E-state index is 0.0105. The summed E-state index contributed by atoms with van der Waals surface area (Å²) in [7, 11) is 0. The zero-order valence-corrected chi connectivity index (χ0v) is 27.4. The lowest BCUT2D eigenvalue weighted by atomic mass is 9.85. The topological polar surface area (TPSA) is 191 Å². The Balaban J connectivity index is 0.000000183. The molecule has 5 aromatic carbocycles. The molecule has 0 bridgehead atoms. The molecule has 0 spiro atoms. The third-order valence-electron chi connectivity index (χ3n) is 8.93. The summed E-state index contributed by atoms with van der Waals surface area (Å²) < 4.78 is 0. The number of carbonyl (C=O) groups is 2. The Morgan fingerprint density at radius 3 is 1.82 bits per heavy atom. The fourth-order valence-electron chi connectivity index (χ4n) is 6.39. The predicted octanol–water partition coefficient (Wildman–Crippen LogP) is 8.00. The van der Waals surface area contributed by atoms with Crippen molar-refractivity contribution < 1.29 is 30.0 Å². The number of rotatable bonds is 6.